The Morgan fingerprint density at radius 3 is 2.77 bits per heavy atom. The first-order chi connectivity index (χ1) is 14.4. The van der Waals surface area contributed by atoms with Crippen LogP contribution in [0.5, 0.6) is 0 Å². The van der Waals surface area contributed by atoms with Gasteiger partial charge in [-0.15, -0.1) is 0 Å². The van der Waals surface area contributed by atoms with Gasteiger partial charge in [-0.3, -0.25) is 10.2 Å². The summed E-state index contributed by atoms with van der Waals surface area (Å²) in [5.74, 6) is 0.524. The van der Waals surface area contributed by atoms with E-state index < -0.39 is 0 Å². The maximum Gasteiger partial charge on any atom is 0.219 e. The number of hydrogen-bond acceptors (Lipinski definition) is 5. The van der Waals surface area contributed by atoms with E-state index in [4.69, 9.17) is 15.9 Å². The zero-order valence-electron chi connectivity index (χ0n) is 17.5. The monoisotopic (exact) mass is 475 g/mol. The number of amidine groups is 1. The maximum atomic E-state index is 12.1. The van der Waals surface area contributed by atoms with Gasteiger partial charge in [0.1, 0.15) is 5.84 Å². The van der Waals surface area contributed by atoms with Crippen molar-refractivity contribution in [1.82, 2.24) is 10.2 Å². The summed E-state index contributed by atoms with van der Waals surface area (Å²) < 4.78 is 6.39. The molecule has 1 fully saturated rings. The highest BCUT2D eigenvalue weighted by atomic mass is 79.9. The number of aryl methyl sites for hydroxylation is 1. The third-order valence-corrected chi connectivity index (χ3v) is 6.95. The fourth-order valence-corrected chi connectivity index (χ4v) is 4.90. The summed E-state index contributed by atoms with van der Waals surface area (Å²) in [6.45, 7) is 5.08. The van der Waals surface area contributed by atoms with Gasteiger partial charge in [0, 0.05) is 72.8 Å². The van der Waals surface area contributed by atoms with E-state index in [2.05, 4.69) is 32.2 Å². The minimum absolute atomic E-state index is 0.0534. The molecule has 0 unspecified atom stereocenters. The van der Waals surface area contributed by atoms with E-state index in [1.54, 1.807) is 6.92 Å². The van der Waals surface area contributed by atoms with Crippen LogP contribution in [0.25, 0.3) is 0 Å². The molecule has 1 aromatic carbocycles. The van der Waals surface area contributed by atoms with Gasteiger partial charge in [-0.2, -0.15) is 0 Å². The molecule has 1 amide bonds. The second kappa shape index (κ2) is 8.98. The number of hydrogen-bond donors (Lipinski definition) is 3. The minimum Gasteiger partial charge on any atom is -0.398 e. The van der Waals surface area contributed by atoms with Crippen LogP contribution in [0.2, 0.25) is 0 Å². The first-order valence-electron chi connectivity index (χ1n) is 10.7. The number of ether oxygens (including phenoxy) is 1. The van der Waals surface area contributed by atoms with Crippen molar-refractivity contribution < 1.29 is 9.53 Å². The molecular weight excluding hydrogens is 446 g/mol. The van der Waals surface area contributed by atoms with E-state index in [9.17, 15) is 4.79 Å². The largest absolute Gasteiger partial charge is 0.398 e. The van der Waals surface area contributed by atoms with Crippen LogP contribution in [-0.4, -0.2) is 55.5 Å². The third kappa shape index (κ3) is 4.34. The molecule has 0 aliphatic carbocycles. The van der Waals surface area contributed by atoms with Gasteiger partial charge in [0.25, 0.3) is 0 Å². The summed E-state index contributed by atoms with van der Waals surface area (Å²) in [5.41, 5.74) is 11.1. The van der Waals surface area contributed by atoms with Gasteiger partial charge in [0.15, 0.2) is 0 Å². The molecule has 1 saturated heterocycles. The molecule has 4 N–H and O–H groups in total. The molecule has 3 aliphatic rings. The van der Waals surface area contributed by atoms with Gasteiger partial charge in [-0.05, 0) is 59.3 Å². The average molecular weight is 476 g/mol. The number of fused-ring (bicyclic) bond motifs is 1. The van der Waals surface area contributed by atoms with Crippen LogP contribution in [0, 0.1) is 5.41 Å². The number of carbonyl (C=O) groups is 1. The summed E-state index contributed by atoms with van der Waals surface area (Å²) >= 11 is 3.53. The minimum atomic E-state index is 0.0534. The van der Waals surface area contributed by atoms with Gasteiger partial charge in [-0.25, -0.2) is 0 Å². The van der Waals surface area contributed by atoms with E-state index in [1.165, 1.54) is 5.56 Å². The van der Waals surface area contributed by atoms with Crippen LogP contribution < -0.4 is 16.0 Å². The van der Waals surface area contributed by atoms with Crippen molar-refractivity contribution in [2.24, 2.45) is 0 Å². The predicted molar refractivity (Wildman–Crippen MR) is 123 cm³/mol. The van der Waals surface area contributed by atoms with Crippen LogP contribution in [0.15, 0.2) is 27.9 Å². The van der Waals surface area contributed by atoms with E-state index in [-0.39, 0.29) is 5.91 Å². The number of nitrogen functional groups attached to an aromatic ring is 1. The fourth-order valence-electron chi connectivity index (χ4n) is 4.51. The highest BCUT2D eigenvalue weighted by Crippen LogP contribution is 2.35. The van der Waals surface area contributed by atoms with Crippen molar-refractivity contribution in [1.29, 1.82) is 5.41 Å². The van der Waals surface area contributed by atoms with E-state index in [0.29, 0.717) is 30.7 Å². The van der Waals surface area contributed by atoms with Crippen molar-refractivity contribution in [3.8, 4) is 0 Å². The Morgan fingerprint density at radius 1 is 1.27 bits per heavy atom. The molecule has 162 valence electrons. The predicted octanol–water partition coefficient (Wildman–Crippen LogP) is 3.04. The number of carbonyl (C=O) groups excluding carboxylic acids is 1. The molecule has 0 spiro atoms. The Balaban J connectivity index is 1.66. The lowest BCUT2D eigenvalue weighted by molar-refractivity contribution is -0.128. The topological polar surface area (TPSA) is 94.7 Å². The quantitative estimate of drug-likeness (QED) is 0.354. The molecule has 30 heavy (non-hydrogen) atoms. The van der Waals surface area contributed by atoms with Crippen molar-refractivity contribution in [2.75, 3.05) is 43.5 Å². The molecule has 3 aliphatic heterocycles. The highest BCUT2D eigenvalue weighted by molar-refractivity contribution is 9.10. The molecule has 7 nitrogen and oxygen atoms in total. The lowest BCUT2D eigenvalue weighted by atomic mass is 9.97. The molecular formula is C22H30BrN5O2. The second-order valence-electron chi connectivity index (χ2n) is 8.28. The first kappa shape index (κ1) is 21.2. The summed E-state index contributed by atoms with van der Waals surface area (Å²) in [6, 6.07) is 4.40. The number of benzene rings is 1. The SMILES string of the molecule is CC(=O)N1CCC(NC2CCOCC2)=C(C(=N)N2CCCc3cc(Br)c(N)cc32)C1. The lowest BCUT2D eigenvalue weighted by Crippen LogP contribution is -2.46. The average Bonchev–Trinajstić information content (AvgIpc) is 2.74. The first-order valence-corrected chi connectivity index (χ1v) is 11.5. The Labute approximate surface area is 186 Å². The Morgan fingerprint density at radius 2 is 2.03 bits per heavy atom. The number of nitrogens with one attached hydrogen (secondary N) is 2. The normalized spacial score (nSPS) is 20.2. The third-order valence-electron chi connectivity index (χ3n) is 6.26. The lowest BCUT2D eigenvalue weighted by Gasteiger charge is -2.38. The van der Waals surface area contributed by atoms with Crippen LogP contribution in [0.3, 0.4) is 0 Å². The molecule has 0 aromatic heterocycles. The Bertz CT molecular complexity index is 879. The van der Waals surface area contributed by atoms with Crippen molar-refractivity contribution in [3.05, 3.63) is 33.4 Å². The second-order valence-corrected chi connectivity index (χ2v) is 9.14. The number of nitrogens with two attached hydrogens (primary N) is 1. The Hall–Kier alpha value is -2.06. The summed E-state index contributed by atoms with van der Waals surface area (Å²) in [5, 5.41) is 12.8. The zero-order valence-corrected chi connectivity index (χ0v) is 19.1. The van der Waals surface area contributed by atoms with Gasteiger partial charge in [0.2, 0.25) is 5.91 Å². The molecule has 0 atom stereocenters. The van der Waals surface area contributed by atoms with Crippen LogP contribution in [0.1, 0.15) is 38.2 Å². The molecule has 4 rings (SSSR count). The smallest absolute Gasteiger partial charge is 0.219 e. The molecule has 0 bridgehead atoms. The number of rotatable bonds is 3. The van der Waals surface area contributed by atoms with Gasteiger partial charge >= 0.3 is 0 Å². The van der Waals surface area contributed by atoms with Gasteiger partial charge < -0.3 is 25.6 Å². The van der Waals surface area contributed by atoms with Gasteiger partial charge in [-0.1, -0.05) is 0 Å². The molecule has 1 aromatic rings. The van der Waals surface area contributed by atoms with Crippen LogP contribution >= 0.6 is 15.9 Å². The maximum absolute atomic E-state index is 12.1. The molecule has 0 radical (unpaired) electrons. The summed E-state index contributed by atoms with van der Waals surface area (Å²) in [6.07, 6.45) is 4.65. The Kier molecular flexibility index (Phi) is 6.34. The van der Waals surface area contributed by atoms with Crippen LogP contribution in [-0.2, 0) is 16.0 Å². The fraction of sp³-hybridized carbons (Fsp3) is 0.545. The number of halogens is 1. The van der Waals surface area contributed by atoms with Crippen molar-refractivity contribution >= 4 is 39.0 Å². The van der Waals surface area contributed by atoms with E-state index in [1.807, 2.05) is 11.0 Å². The van der Waals surface area contributed by atoms with Gasteiger partial charge in [0.05, 0.1) is 6.54 Å². The molecule has 0 saturated carbocycles. The standard InChI is InChI=1S/C22H30BrN5O2/c1-14(29)27-8-4-20(26-16-5-9-30-10-6-16)17(13-27)22(25)28-7-2-3-15-11-18(23)19(24)12-21(15)28/h11-12,16,25-26H,2-10,13,24H2,1H3. The number of nitrogens with zero attached hydrogens (tertiary/aromatic N) is 2. The van der Waals surface area contributed by atoms with Crippen molar-refractivity contribution in [2.45, 2.75) is 45.1 Å². The summed E-state index contributed by atoms with van der Waals surface area (Å²) in [4.78, 5) is 16.0. The number of anilines is 2. The molecule has 8 heteroatoms. The van der Waals surface area contributed by atoms with Crippen molar-refractivity contribution in [3.63, 3.8) is 0 Å². The van der Waals surface area contributed by atoms with E-state index >= 15 is 0 Å². The summed E-state index contributed by atoms with van der Waals surface area (Å²) in [7, 11) is 0. The molecule has 3 heterocycles. The highest BCUT2D eigenvalue weighted by Gasteiger charge is 2.30. The van der Waals surface area contributed by atoms with Crippen LogP contribution in [0.4, 0.5) is 11.4 Å². The van der Waals surface area contributed by atoms with E-state index in [0.717, 1.165) is 73.3 Å². The zero-order chi connectivity index (χ0) is 21.3. The number of amides is 1.